The fourth-order valence-electron chi connectivity index (χ4n) is 2.40. The molecule has 1 aromatic rings. The molecule has 1 aliphatic heterocycles. The Labute approximate surface area is 115 Å². The lowest BCUT2D eigenvalue weighted by Gasteiger charge is -2.26. The number of hydrogen-bond acceptors (Lipinski definition) is 3. The van der Waals surface area contributed by atoms with Crippen LogP contribution in [0.25, 0.3) is 0 Å². The van der Waals surface area contributed by atoms with Crippen LogP contribution in [0.1, 0.15) is 24.8 Å². The van der Waals surface area contributed by atoms with E-state index in [0.29, 0.717) is 0 Å². The fourth-order valence-corrected chi connectivity index (χ4v) is 2.80. The number of rotatable bonds is 6. The van der Waals surface area contributed by atoms with Crippen molar-refractivity contribution in [3.8, 4) is 0 Å². The van der Waals surface area contributed by atoms with Crippen molar-refractivity contribution in [1.82, 2.24) is 10.2 Å². The second-order valence-corrected chi connectivity index (χ2v) is 5.81. The summed E-state index contributed by atoms with van der Waals surface area (Å²) in [5.41, 5.74) is 1.38. The Morgan fingerprint density at radius 2 is 1.83 bits per heavy atom. The zero-order valence-electron chi connectivity index (χ0n) is 11.3. The van der Waals surface area contributed by atoms with Crippen LogP contribution in [0.4, 0.5) is 0 Å². The van der Waals surface area contributed by atoms with Crippen molar-refractivity contribution in [3.63, 3.8) is 0 Å². The van der Waals surface area contributed by atoms with Gasteiger partial charge in [0.15, 0.2) is 0 Å². The first-order valence-electron chi connectivity index (χ1n) is 6.94. The van der Waals surface area contributed by atoms with Crippen molar-refractivity contribution in [3.05, 3.63) is 29.8 Å². The van der Waals surface area contributed by atoms with E-state index in [9.17, 15) is 0 Å². The van der Waals surface area contributed by atoms with Crippen molar-refractivity contribution in [2.75, 3.05) is 32.4 Å². The minimum Gasteiger partial charge on any atom is -0.311 e. The third kappa shape index (κ3) is 4.63. The molecule has 2 nitrogen and oxygen atoms in total. The highest BCUT2D eigenvalue weighted by atomic mass is 32.2. The first kappa shape index (κ1) is 13.9. The molecule has 0 aromatic heterocycles. The molecule has 0 radical (unpaired) electrons. The summed E-state index contributed by atoms with van der Waals surface area (Å²) in [5, 5.41) is 3.54. The number of benzene rings is 1. The standard InChI is InChI=1S/C15H24N2S/c1-18-15-7-5-14(6-8-15)13-16-9-12-17-10-3-2-4-11-17/h5-8,16H,2-4,9-13H2,1H3. The highest BCUT2D eigenvalue weighted by molar-refractivity contribution is 7.98. The van der Waals surface area contributed by atoms with E-state index >= 15 is 0 Å². The molecule has 1 heterocycles. The summed E-state index contributed by atoms with van der Waals surface area (Å²) in [7, 11) is 0. The topological polar surface area (TPSA) is 15.3 Å². The van der Waals surface area contributed by atoms with Crippen LogP contribution in [0.2, 0.25) is 0 Å². The van der Waals surface area contributed by atoms with E-state index in [0.717, 1.165) is 13.1 Å². The molecule has 1 N–H and O–H groups in total. The molecule has 3 heteroatoms. The van der Waals surface area contributed by atoms with Gasteiger partial charge in [0.1, 0.15) is 0 Å². The molecule has 0 unspecified atom stereocenters. The second-order valence-electron chi connectivity index (χ2n) is 4.93. The van der Waals surface area contributed by atoms with Crippen LogP contribution in [-0.4, -0.2) is 37.3 Å². The van der Waals surface area contributed by atoms with E-state index in [2.05, 4.69) is 40.7 Å². The molecule has 1 aromatic carbocycles. The van der Waals surface area contributed by atoms with Crippen LogP contribution in [0.15, 0.2) is 29.2 Å². The Kier molecular flexibility index (Phi) is 6.05. The molecule has 0 amide bonds. The number of nitrogens with one attached hydrogen (secondary N) is 1. The van der Waals surface area contributed by atoms with Gasteiger partial charge in [-0.1, -0.05) is 18.6 Å². The molecule has 1 saturated heterocycles. The summed E-state index contributed by atoms with van der Waals surface area (Å²) in [4.78, 5) is 3.92. The molecule has 0 saturated carbocycles. The van der Waals surface area contributed by atoms with E-state index in [-0.39, 0.29) is 0 Å². The number of likely N-dealkylation sites (tertiary alicyclic amines) is 1. The van der Waals surface area contributed by atoms with Crippen LogP contribution >= 0.6 is 11.8 Å². The Morgan fingerprint density at radius 3 is 2.50 bits per heavy atom. The van der Waals surface area contributed by atoms with Gasteiger partial charge in [-0.2, -0.15) is 0 Å². The maximum absolute atomic E-state index is 3.54. The Hall–Kier alpha value is -0.510. The Balaban J connectivity index is 1.62. The van der Waals surface area contributed by atoms with Crippen LogP contribution < -0.4 is 5.32 Å². The van der Waals surface area contributed by atoms with Crippen molar-refractivity contribution in [2.45, 2.75) is 30.7 Å². The molecular weight excluding hydrogens is 240 g/mol. The molecule has 0 spiro atoms. The van der Waals surface area contributed by atoms with E-state index in [1.807, 2.05) is 0 Å². The number of piperidine rings is 1. The van der Waals surface area contributed by atoms with E-state index < -0.39 is 0 Å². The maximum Gasteiger partial charge on any atom is 0.0206 e. The average molecular weight is 264 g/mol. The zero-order chi connectivity index (χ0) is 12.6. The van der Waals surface area contributed by atoms with Crippen molar-refractivity contribution in [2.24, 2.45) is 0 Å². The average Bonchev–Trinajstić information content (AvgIpc) is 2.45. The van der Waals surface area contributed by atoms with Gasteiger partial charge in [-0.05, 0) is 49.9 Å². The number of thioether (sulfide) groups is 1. The van der Waals surface area contributed by atoms with Crippen LogP contribution in [0.5, 0.6) is 0 Å². The lowest BCUT2D eigenvalue weighted by atomic mass is 10.1. The van der Waals surface area contributed by atoms with Gasteiger partial charge in [0.2, 0.25) is 0 Å². The van der Waals surface area contributed by atoms with Gasteiger partial charge in [-0.25, -0.2) is 0 Å². The molecular formula is C15H24N2S. The molecule has 0 aliphatic carbocycles. The van der Waals surface area contributed by atoms with Gasteiger partial charge in [0.25, 0.3) is 0 Å². The highest BCUT2D eigenvalue weighted by Gasteiger charge is 2.08. The molecule has 1 aliphatic rings. The van der Waals surface area contributed by atoms with E-state index in [1.165, 1.54) is 49.4 Å². The van der Waals surface area contributed by atoms with Gasteiger partial charge in [0, 0.05) is 24.5 Å². The Morgan fingerprint density at radius 1 is 1.11 bits per heavy atom. The first-order chi connectivity index (χ1) is 8.88. The lowest BCUT2D eigenvalue weighted by Crippen LogP contribution is -2.35. The summed E-state index contributed by atoms with van der Waals surface area (Å²) in [6, 6.07) is 8.85. The second kappa shape index (κ2) is 7.82. The number of hydrogen-bond donors (Lipinski definition) is 1. The maximum atomic E-state index is 3.54. The fraction of sp³-hybridized carbons (Fsp3) is 0.600. The van der Waals surface area contributed by atoms with Gasteiger partial charge < -0.3 is 10.2 Å². The quantitative estimate of drug-likeness (QED) is 0.628. The summed E-state index contributed by atoms with van der Waals surface area (Å²) in [6.07, 6.45) is 6.31. The molecule has 0 bridgehead atoms. The highest BCUT2D eigenvalue weighted by Crippen LogP contribution is 2.14. The predicted molar refractivity (Wildman–Crippen MR) is 80.2 cm³/mol. The molecule has 18 heavy (non-hydrogen) atoms. The SMILES string of the molecule is CSc1ccc(CNCCN2CCCCC2)cc1. The predicted octanol–water partition coefficient (Wildman–Crippen LogP) is 2.98. The van der Waals surface area contributed by atoms with Crippen LogP contribution in [-0.2, 0) is 6.54 Å². The normalized spacial score (nSPS) is 16.9. The molecule has 0 atom stereocenters. The minimum absolute atomic E-state index is 0.989. The Bertz CT molecular complexity index is 331. The minimum atomic E-state index is 0.989. The zero-order valence-corrected chi connectivity index (χ0v) is 12.1. The third-order valence-corrected chi connectivity index (χ3v) is 4.29. The lowest BCUT2D eigenvalue weighted by molar-refractivity contribution is 0.229. The van der Waals surface area contributed by atoms with E-state index in [1.54, 1.807) is 11.8 Å². The van der Waals surface area contributed by atoms with Crippen molar-refractivity contribution < 1.29 is 0 Å². The van der Waals surface area contributed by atoms with Gasteiger partial charge in [-0.3, -0.25) is 0 Å². The van der Waals surface area contributed by atoms with Gasteiger partial charge in [-0.15, -0.1) is 11.8 Å². The van der Waals surface area contributed by atoms with Crippen molar-refractivity contribution >= 4 is 11.8 Å². The van der Waals surface area contributed by atoms with E-state index in [4.69, 9.17) is 0 Å². The number of nitrogens with zero attached hydrogens (tertiary/aromatic N) is 1. The molecule has 2 rings (SSSR count). The first-order valence-corrected chi connectivity index (χ1v) is 8.17. The van der Waals surface area contributed by atoms with Crippen LogP contribution in [0.3, 0.4) is 0 Å². The summed E-state index contributed by atoms with van der Waals surface area (Å²) in [5.74, 6) is 0. The van der Waals surface area contributed by atoms with Crippen molar-refractivity contribution in [1.29, 1.82) is 0 Å². The summed E-state index contributed by atoms with van der Waals surface area (Å²) >= 11 is 1.80. The third-order valence-electron chi connectivity index (χ3n) is 3.54. The summed E-state index contributed by atoms with van der Waals surface area (Å²) < 4.78 is 0. The van der Waals surface area contributed by atoms with Gasteiger partial charge >= 0.3 is 0 Å². The van der Waals surface area contributed by atoms with Crippen LogP contribution in [0, 0.1) is 0 Å². The summed E-state index contributed by atoms with van der Waals surface area (Å²) in [6.45, 7) is 5.88. The molecule has 100 valence electrons. The molecule has 1 fully saturated rings. The smallest absolute Gasteiger partial charge is 0.0206 e. The van der Waals surface area contributed by atoms with Gasteiger partial charge in [0.05, 0.1) is 0 Å². The monoisotopic (exact) mass is 264 g/mol. The largest absolute Gasteiger partial charge is 0.311 e.